The van der Waals surface area contributed by atoms with Crippen LogP contribution in [-0.4, -0.2) is 42.3 Å². The second-order valence-corrected chi connectivity index (χ2v) is 4.46. The van der Waals surface area contributed by atoms with Crippen LogP contribution in [0.15, 0.2) is 0 Å². The molecule has 1 atom stereocenters. The van der Waals surface area contributed by atoms with E-state index in [1.165, 1.54) is 6.04 Å². The van der Waals surface area contributed by atoms with E-state index in [-0.39, 0.29) is 9.76 Å². The molecule has 0 aromatic rings. The lowest BCUT2D eigenvalue weighted by molar-refractivity contribution is 0.116. The lowest BCUT2D eigenvalue weighted by atomic mass is 10.5. The van der Waals surface area contributed by atoms with Gasteiger partial charge < -0.3 is 13.9 Å². The van der Waals surface area contributed by atoms with Gasteiger partial charge in [-0.15, -0.1) is 0 Å². The predicted octanol–water partition coefficient (Wildman–Crippen LogP) is 0.330. The van der Waals surface area contributed by atoms with Gasteiger partial charge in [0.2, 0.25) is 0 Å². The van der Waals surface area contributed by atoms with Crippen LogP contribution in [0.4, 0.5) is 0 Å². The minimum Gasteiger partial charge on any atom is -0.424 e. The lowest BCUT2D eigenvalue weighted by Crippen LogP contribution is -2.04. The quantitative estimate of drug-likeness (QED) is 0.314. The molecule has 0 amide bonds. The SMILES string of the molecule is CCO[SiH2]CCCOCC1CO1. The van der Waals surface area contributed by atoms with Gasteiger partial charge in [0, 0.05) is 13.2 Å². The fraction of sp³-hybridized carbons (Fsp3) is 1.00. The standard InChI is InChI=1S/C8H18O3Si/c1-2-11-12-5-3-4-9-6-8-7-10-8/h8H,2-7,12H2,1H3. The molecule has 1 fully saturated rings. The molecule has 0 bridgehead atoms. The van der Waals surface area contributed by atoms with E-state index in [4.69, 9.17) is 13.9 Å². The van der Waals surface area contributed by atoms with Crippen molar-refractivity contribution in [3.8, 4) is 0 Å². The monoisotopic (exact) mass is 190 g/mol. The van der Waals surface area contributed by atoms with Gasteiger partial charge in [-0.1, -0.05) is 0 Å². The van der Waals surface area contributed by atoms with Crippen LogP contribution >= 0.6 is 0 Å². The molecule has 1 aliphatic heterocycles. The summed E-state index contributed by atoms with van der Waals surface area (Å²) in [5, 5.41) is 0. The first kappa shape index (κ1) is 10.2. The summed E-state index contributed by atoms with van der Waals surface area (Å²) in [6, 6.07) is 1.24. The Labute approximate surface area is 76.3 Å². The summed E-state index contributed by atoms with van der Waals surface area (Å²) in [6.07, 6.45) is 1.56. The predicted molar refractivity (Wildman–Crippen MR) is 50.2 cm³/mol. The molecular weight excluding hydrogens is 172 g/mol. The molecule has 0 N–H and O–H groups in total. The van der Waals surface area contributed by atoms with Crippen molar-refractivity contribution < 1.29 is 13.9 Å². The largest absolute Gasteiger partial charge is 0.424 e. The summed E-state index contributed by atoms with van der Waals surface area (Å²) in [5.74, 6) is 0. The Balaban J connectivity index is 1.65. The molecular formula is C8H18O3Si. The maximum atomic E-state index is 5.38. The average Bonchev–Trinajstić information content (AvgIpc) is 2.87. The summed E-state index contributed by atoms with van der Waals surface area (Å²) in [5.41, 5.74) is 0. The van der Waals surface area contributed by atoms with Crippen molar-refractivity contribution in [2.75, 3.05) is 26.4 Å². The molecule has 0 aromatic carbocycles. The van der Waals surface area contributed by atoms with Crippen molar-refractivity contribution in [3.63, 3.8) is 0 Å². The molecule has 0 spiro atoms. The smallest absolute Gasteiger partial charge is 0.161 e. The van der Waals surface area contributed by atoms with E-state index >= 15 is 0 Å². The van der Waals surface area contributed by atoms with Gasteiger partial charge in [-0.25, -0.2) is 0 Å². The van der Waals surface area contributed by atoms with Gasteiger partial charge in [-0.3, -0.25) is 0 Å². The molecule has 1 heterocycles. The van der Waals surface area contributed by atoms with Gasteiger partial charge in [0.1, 0.15) is 6.10 Å². The Bertz CT molecular complexity index is 106. The molecule has 0 saturated carbocycles. The van der Waals surface area contributed by atoms with E-state index in [9.17, 15) is 0 Å². The molecule has 4 heteroatoms. The van der Waals surface area contributed by atoms with Crippen molar-refractivity contribution in [2.24, 2.45) is 0 Å². The van der Waals surface area contributed by atoms with Gasteiger partial charge in [0.15, 0.2) is 9.76 Å². The Morgan fingerprint density at radius 2 is 2.42 bits per heavy atom. The number of hydrogen-bond donors (Lipinski definition) is 0. The molecule has 1 unspecified atom stereocenters. The van der Waals surface area contributed by atoms with Crippen LogP contribution in [-0.2, 0) is 13.9 Å². The first-order valence-electron chi connectivity index (χ1n) is 4.70. The Morgan fingerprint density at radius 3 is 3.08 bits per heavy atom. The van der Waals surface area contributed by atoms with Gasteiger partial charge in [-0.05, 0) is 19.4 Å². The highest BCUT2D eigenvalue weighted by Crippen LogP contribution is 2.08. The van der Waals surface area contributed by atoms with Crippen molar-refractivity contribution >= 4 is 9.76 Å². The minimum atomic E-state index is -0.232. The van der Waals surface area contributed by atoms with Crippen molar-refractivity contribution in [2.45, 2.75) is 25.5 Å². The number of ether oxygens (including phenoxy) is 2. The van der Waals surface area contributed by atoms with Crippen LogP contribution < -0.4 is 0 Å². The van der Waals surface area contributed by atoms with Crippen LogP contribution in [0, 0.1) is 0 Å². The zero-order chi connectivity index (χ0) is 8.65. The van der Waals surface area contributed by atoms with Gasteiger partial charge >= 0.3 is 0 Å². The van der Waals surface area contributed by atoms with E-state index in [0.717, 1.165) is 32.8 Å². The van der Waals surface area contributed by atoms with Crippen molar-refractivity contribution in [1.29, 1.82) is 0 Å². The summed E-state index contributed by atoms with van der Waals surface area (Å²) in [4.78, 5) is 0. The third-order valence-electron chi connectivity index (χ3n) is 1.74. The Morgan fingerprint density at radius 1 is 1.58 bits per heavy atom. The van der Waals surface area contributed by atoms with Crippen LogP contribution in [0.5, 0.6) is 0 Å². The summed E-state index contributed by atoms with van der Waals surface area (Å²) in [7, 11) is -0.232. The Kier molecular flexibility index (Phi) is 5.59. The third-order valence-corrected chi connectivity index (χ3v) is 3.22. The van der Waals surface area contributed by atoms with E-state index in [1.54, 1.807) is 0 Å². The maximum absolute atomic E-state index is 5.38. The van der Waals surface area contributed by atoms with Crippen LogP contribution in [0.1, 0.15) is 13.3 Å². The summed E-state index contributed by atoms with van der Waals surface area (Å²) >= 11 is 0. The fourth-order valence-electron chi connectivity index (χ4n) is 0.932. The topological polar surface area (TPSA) is 31.0 Å². The van der Waals surface area contributed by atoms with Gasteiger partial charge in [0.05, 0.1) is 13.2 Å². The molecule has 12 heavy (non-hydrogen) atoms. The van der Waals surface area contributed by atoms with Crippen molar-refractivity contribution in [3.05, 3.63) is 0 Å². The number of hydrogen-bond acceptors (Lipinski definition) is 3. The average molecular weight is 190 g/mol. The number of rotatable bonds is 8. The third kappa shape index (κ3) is 5.71. The van der Waals surface area contributed by atoms with Crippen molar-refractivity contribution in [1.82, 2.24) is 0 Å². The molecule has 72 valence electrons. The molecule has 0 aromatic heterocycles. The molecule has 3 nitrogen and oxygen atoms in total. The summed E-state index contributed by atoms with van der Waals surface area (Å²) in [6.45, 7) is 5.49. The molecule has 1 aliphatic rings. The fourth-order valence-corrected chi connectivity index (χ4v) is 1.83. The Hall–Kier alpha value is 0.0969. The highest BCUT2D eigenvalue weighted by molar-refractivity contribution is 6.26. The van der Waals surface area contributed by atoms with Gasteiger partial charge in [0.25, 0.3) is 0 Å². The van der Waals surface area contributed by atoms with Crippen LogP contribution in [0.2, 0.25) is 6.04 Å². The minimum absolute atomic E-state index is 0.232. The molecule has 1 saturated heterocycles. The highest BCUT2D eigenvalue weighted by atomic mass is 28.2. The first-order valence-corrected chi connectivity index (χ1v) is 6.28. The van der Waals surface area contributed by atoms with Crippen LogP contribution in [0.3, 0.4) is 0 Å². The first-order chi connectivity index (χ1) is 5.93. The normalized spacial score (nSPS) is 22.2. The van der Waals surface area contributed by atoms with E-state index in [2.05, 4.69) is 0 Å². The molecule has 0 aliphatic carbocycles. The molecule has 1 rings (SSSR count). The second kappa shape index (κ2) is 6.60. The lowest BCUT2D eigenvalue weighted by Gasteiger charge is -2.01. The van der Waals surface area contributed by atoms with Gasteiger partial charge in [-0.2, -0.15) is 0 Å². The van der Waals surface area contributed by atoms with E-state index in [1.807, 2.05) is 6.92 Å². The van der Waals surface area contributed by atoms with E-state index in [0.29, 0.717) is 6.10 Å². The summed E-state index contributed by atoms with van der Waals surface area (Å²) < 4.78 is 15.7. The second-order valence-electron chi connectivity index (χ2n) is 2.93. The zero-order valence-electron chi connectivity index (χ0n) is 7.75. The zero-order valence-corrected chi connectivity index (χ0v) is 9.17. The maximum Gasteiger partial charge on any atom is 0.161 e. The molecule has 0 radical (unpaired) electrons. The van der Waals surface area contributed by atoms with E-state index < -0.39 is 0 Å². The van der Waals surface area contributed by atoms with Crippen LogP contribution in [0.25, 0.3) is 0 Å². The highest BCUT2D eigenvalue weighted by Gasteiger charge is 2.21. The number of epoxide rings is 1.